The third-order valence-corrected chi connectivity index (χ3v) is 6.05. The molecule has 3 rings (SSSR count). The second-order valence-corrected chi connectivity index (χ2v) is 8.94. The monoisotopic (exact) mass is 452 g/mol. The van der Waals surface area contributed by atoms with Gasteiger partial charge in [0.25, 0.3) is 0 Å². The molecule has 1 aliphatic carbocycles. The van der Waals surface area contributed by atoms with E-state index in [0.717, 1.165) is 30.4 Å². The molecule has 0 spiro atoms. The summed E-state index contributed by atoms with van der Waals surface area (Å²) >= 11 is 0. The van der Waals surface area contributed by atoms with Crippen molar-refractivity contribution < 1.29 is 23.6 Å². The fourth-order valence-electron chi connectivity index (χ4n) is 4.30. The van der Waals surface area contributed by atoms with Gasteiger partial charge in [-0.15, -0.1) is 0 Å². The first-order valence-corrected chi connectivity index (χ1v) is 11.5. The number of hydrogen-bond acceptors (Lipinski definition) is 6. The second-order valence-electron chi connectivity index (χ2n) is 8.94. The summed E-state index contributed by atoms with van der Waals surface area (Å²) in [5.41, 5.74) is 3.11. The highest BCUT2D eigenvalue weighted by molar-refractivity contribution is 6.31. The van der Waals surface area contributed by atoms with Crippen molar-refractivity contribution in [2.45, 2.75) is 26.2 Å². The minimum Gasteiger partial charge on any atom is -0.466 e. The molecule has 0 unspecified atom stereocenters. The van der Waals surface area contributed by atoms with Crippen LogP contribution in [0.25, 0.3) is 0 Å². The number of nitrogens with zero attached hydrogens (tertiary/aromatic N) is 1. The maximum absolute atomic E-state index is 13.3. The number of anilines is 2. The van der Waals surface area contributed by atoms with Gasteiger partial charge >= 0.3 is 5.97 Å². The van der Waals surface area contributed by atoms with Gasteiger partial charge in [0.05, 0.1) is 51.3 Å². The molecule has 0 radical (unpaired) electrons. The van der Waals surface area contributed by atoms with Crippen LogP contribution >= 0.6 is 0 Å². The molecule has 0 aromatic heterocycles. The van der Waals surface area contributed by atoms with Crippen LogP contribution in [0.1, 0.15) is 58.0 Å². The zero-order valence-corrected chi connectivity index (χ0v) is 20.0. The van der Waals surface area contributed by atoms with Gasteiger partial charge in [-0.25, -0.2) is 0 Å². The Hall–Kier alpha value is -3.19. The van der Waals surface area contributed by atoms with E-state index in [-0.39, 0.29) is 17.5 Å². The molecule has 0 bridgehead atoms. The van der Waals surface area contributed by atoms with Gasteiger partial charge in [-0.2, -0.15) is 0 Å². The van der Waals surface area contributed by atoms with Gasteiger partial charge in [0.15, 0.2) is 11.6 Å². The summed E-state index contributed by atoms with van der Waals surface area (Å²) in [6.07, 6.45) is 2.11. The summed E-state index contributed by atoms with van der Waals surface area (Å²) in [6.45, 7) is 4.71. The highest BCUT2D eigenvalue weighted by atomic mass is 16.5. The number of ketones is 2. The lowest BCUT2D eigenvalue weighted by Crippen LogP contribution is -2.42. The predicted molar refractivity (Wildman–Crippen MR) is 130 cm³/mol. The Kier molecular flexibility index (Phi) is 7.87. The standard InChI is InChI=1S/C26H33N3O4/c1-5-33-22(30)12-8-16-29(3,4)17-9-15-28-21-14-13-20(27-2)23-24(21)26(32)19-11-7-6-10-18(19)25(23)31/h6-7,10-11,13-14H,5,8-9,12,15-17H2,1-4H3,(H-,27,28,31,32)/p+1. The van der Waals surface area contributed by atoms with Crippen LogP contribution in [0.5, 0.6) is 0 Å². The number of carbonyl (C=O) groups excluding carboxylic acids is 3. The lowest BCUT2D eigenvalue weighted by atomic mass is 9.82. The van der Waals surface area contributed by atoms with Gasteiger partial charge in [0.2, 0.25) is 0 Å². The van der Waals surface area contributed by atoms with Gasteiger partial charge in [0, 0.05) is 48.9 Å². The first kappa shape index (κ1) is 24.5. The number of esters is 1. The van der Waals surface area contributed by atoms with Crippen molar-refractivity contribution in [1.82, 2.24) is 0 Å². The third kappa shape index (κ3) is 5.60. The Morgan fingerprint density at radius 1 is 0.909 bits per heavy atom. The van der Waals surface area contributed by atoms with Crippen molar-refractivity contribution in [1.29, 1.82) is 0 Å². The van der Waals surface area contributed by atoms with Crippen LogP contribution in [-0.2, 0) is 9.53 Å². The van der Waals surface area contributed by atoms with E-state index in [1.807, 2.05) is 19.1 Å². The maximum Gasteiger partial charge on any atom is 0.305 e. The number of fused-ring (bicyclic) bond motifs is 2. The highest BCUT2D eigenvalue weighted by Gasteiger charge is 2.33. The summed E-state index contributed by atoms with van der Waals surface area (Å²) in [4.78, 5) is 38.0. The van der Waals surface area contributed by atoms with Crippen molar-refractivity contribution in [3.05, 3.63) is 58.7 Å². The van der Waals surface area contributed by atoms with Crippen LogP contribution in [0.2, 0.25) is 0 Å². The lowest BCUT2D eigenvalue weighted by molar-refractivity contribution is -0.890. The fraction of sp³-hybridized carbons (Fsp3) is 0.423. The van der Waals surface area contributed by atoms with E-state index in [9.17, 15) is 14.4 Å². The summed E-state index contributed by atoms with van der Waals surface area (Å²) in [7, 11) is 6.05. The number of quaternary nitrogens is 1. The van der Waals surface area contributed by atoms with E-state index >= 15 is 0 Å². The SMILES string of the molecule is CCOC(=O)CCC[N+](C)(C)CCCNc1ccc(NC)c2c1C(=O)c1ccccc1C2=O. The molecule has 0 saturated carbocycles. The van der Waals surface area contributed by atoms with Crippen LogP contribution in [-0.4, -0.2) is 69.4 Å². The Morgan fingerprint density at radius 3 is 2.09 bits per heavy atom. The van der Waals surface area contributed by atoms with Crippen molar-refractivity contribution in [3.8, 4) is 0 Å². The second kappa shape index (κ2) is 10.6. The Bertz CT molecular complexity index is 1050. The lowest BCUT2D eigenvalue weighted by Gasteiger charge is -2.30. The van der Waals surface area contributed by atoms with Gasteiger partial charge in [-0.3, -0.25) is 14.4 Å². The van der Waals surface area contributed by atoms with Gasteiger partial charge < -0.3 is 19.9 Å². The molecule has 0 saturated heterocycles. The number of benzene rings is 2. The molecular weight excluding hydrogens is 418 g/mol. The van der Waals surface area contributed by atoms with E-state index in [1.54, 1.807) is 31.3 Å². The van der Waals surface area contributed by atoms with Crippen molar-refractivity contribution in [2.75, 3.05) is 58.0 Å². The Balaban J connectivity index is 1.65. The third-order valence-electron chi connectivity index (χ3n) is 6.05. The number of nitrogens with one attached hydrogen (secondary N) is 2. The molecule has 33 heavy (non-hydrogen) atoms. The zero-order chi connectivity index (χ0) is 24.0. The number of carbonyl (C=O) groups is 3. The molecule has 2 aromatic carbocycles. The van der Waals surface area contributed by atoms with Crippen LogP contribution < -0.4 is 10.6 Å². The van der Waals surface area contributed by atoms with Crippen molar-refractivity contribution in [3.63, 3.8) is 0 Å². The molecule has 176 valence electrons. The topological polar surface area (TPSA) is 84.5 Å². The number of hydrogen-bond donors (Lipinski definition) is 2. The molecule has 7 heteroatoms. The average Bonchev–Trinajstić information content (AvgIpc) is 2.80. The molecule has 0 amide bonds. The summed E-state index contributed by atoms with van der Waals surface area (Å²) in [6, 6.07) is 10.7. The van der Waals surface area contributed by atoms with Gasteiger partial charge in [-0.05, 0) is 19.1 Å². The van der Waals surface area contributed by atoms with Crippen LogP contribution in [0.3, 0.4) is 0 Å². The first-order valence-electron chi connectivity index (χ1n) is 11.5. The largest absolute Gasteiger partial charge is 0.466 e. The van der Waals surface area contributed by atoms with Crippen molar-refractivity contribution >= 4 is 28.9 Å². The van der Waals surface area contributed by atoms with Gasteiger partial charge in [0.1, 0.15) is 0 Å². The van der Waals surface area contributed by atoms with E-state index in [0.29, 0.717) is 53.2 Å². The normalized spacial score (nSPS) is 12.7. The number of rotatable bonds is 11. The minimum atomic E-state index is -0.144. The summed E-state index contributed by atoms with van der Waals surface area (Å²) < 4.78 is 5.79. The molecule has 1 aliphatic rings. The van der Waals surface area contributed by atoms with Crippen LogP contribution in [0.4, 0.5) is 11.4 Å². The summed E-state index contributed by atoms with van der Waals surface area (Å²) in [5, 5.41) is 6.43. The fourth-order valence-corrected chi connectivity index (χ4v) is 4.30. The molecule has 2 N–H and O–H groups in total. The Morgan fingerprint density at radius 2 is 1.48 bits per heavy atom. The quantitative estimate of drug-likeness (QED) is 0.262. The summed E-state index contributed by atoms with van der Waals surface area (Å²) in [5.74, 6) is -0.405. The first-order chi connectivity index (χ1) is 15.8. The van der Waals surface area contributed by atoms with Crippen LogP contribution in [0.15, 0.2) is 36.4 Å². The van der Waals surface area contributed by atoms with E-state index in [4.69, 9.17) is 4.74 Å². The average molecular weight is 453 g/mol. The van der Waals surface area contributed by atoms with Gasteiger partial charge in [-0.1, -0.05) is 24.3 Å². The molecule has 0 fully saturated rings. The van der Waals surface area contributed by atoms with E-state index in [1.165, 1.54) is 0 Å². The van der Waals surface area contributed by atoms with Crippen molar-refractivity contribution in [2.24, 2.45) is 0 Å². The molecular formula is C26H34N3O4+. The molecule has 7 nitrogen and oxygen atoms in total. The Labute approximate surface area is 195 Å². The molecule has 0 atom stereocenters. The van der Waals surface area contributed by atoms with E-state index < -0.39 is 0 Å². The maximum atomic E-state index is 13.3. The predicted octanol–water partition coefficient (Wildman–Crippen LogP) is 3.73. The molecule has 0 aliphatic heterocycles. The molecule has 2 aromatic rings. The molecule has 0 heterocycles. The smallest absolute Gasteiger partial charge is 0.305 e. The number of ether oxygens (including phenoxy) is 1. The zero-order valence-electron chi connectivity index (χ0n) is 20.0. The highest BCUT2D eigenvalue weighted by Crippen LogP contribution is 2.36. The van der Waals surface area contributed by atoms with Crippen LogP contribution in [0, 0.1) is 0 Å². The van der Waals surface area contributed by atoms with E-state index in [2.05, 4.69) is 24.7 Å². The minimum absolute atomic E-state index is 0.130.